The quantitative estimate of drug-likeness (QED) is 0.886. The zero-order valence-corrected chi connectivity index (χ0v) is 12.5. The highest BCUT2D eigenvalue weighted by molar-refractivity contribution is 7.18. The summed E-state index contributed by atoms with van der Waals surface area (Å²) in [6.45, 7) is 0.600. The maximum absolute atomic E-state index is 12.3. The van der Waals surface area contributed by atoms with Gasteiger partial charge in [-0.1, -0.05) is 17.4 Å². The molecule has 1 amide bonds. The van der Waals surface area contributed by atoms with Gasteiger partial charge < -0.3 is 10.1 Å². The Kier molecular flexibility index (Phi) is 3.94. The predicted molar refractivity (Wildman–Crippen MR) is 79.9 cm³/mol. The molecule has 0 radical (unpaired) electrons. The molecule has 1 fully saturated rings. The fourth-order valence-corrected chi connectivity index (χ4v) is 2.85. The van der Waals surface area contributed by atoms with E-state index in [4.69, 9.17) is 4.74 Å². The molecular formula is C14H16N4O2S. The van der Waals surface area contributed by atoms with Crippen LogP contribution in [0.2, 0.25) is 0 Å². The van der Waals surface area contributed by atoms with E-state index in [1.165, 1.54) is 11.3 Å². The maximum Gasteiger partial charge on any atom is 0.232 e. The predicted octanol–water partition coefficient (Wildman–Crippen LogP) is 2.36. The number of anilines is 1. The van der Waals surface area contributed by atoms with Crippen molar-refractivity contribution in [2.75, 3.05) is 19.0 Å². The zero-order valence-electron chi connectivity index (χ0n) is 11.7. The Morgan fingerprint density at radius 2 is 2.29 bits per heavy atom. The first-order valence-corrected chi connectivity index (χ1v) is 7.60. The highest BCUT2D eigenvalue weighted by atomic mass is 32.1. The number of carbonyl (C=O) groups excluding carboxylic acids is 1. The number of nitrogens with one attached hydrogen (secondary N) is 1. The van der Waals surface area contributed by atoms with E-state index >= 15 is 0 Å². The molecule has 0 aliphatic heterocycles. The Bertz CT molecular complexity index is 625. The SMILES string of the molecule is COCCC1(C(=O)Nc2nnc(-c3ccccn3)s2)CC1. The van der Waals surface area contributed by atoms with Gasteiger partial charge in [-0.3, -0.25) is 9.78 Å². The minimum absolute atomic E-state index is 0.0169. The van der Waals surface area contributed by atoms with E-state index in [0.29, 0.717) is 16.7 Å². The number of carbonyl (C=O) groups is 1. The van der Waals surface area contributed by atoms with Crippen molar-refractivity contribution in [3.05, 3.63) is 24.4 Å². The van der Waals surface area contributed by atoms with Crippen molar-refractivity contribution in [2.24, 2.45) is 5.41 Å². The van der Waals surface area contributed by atoms with Crippen LogP contribution >= 0.6 is 11.3 Å². The molecule has 0 aromatic carbocycles. The third-order valence-electron chi connectivity index (χ3n) is 3.65. The molecule has 2 heterocycles. The van der Waals surface area contributed by atoms with Crippen LogP contribution in [0.25, 0.3) is 10.7 Å². The first kappa shape index (κ1) is 14.1. The topological polar surface area (TPSA) is 77.0 Å². The van der Waals surface area contributed by atoms with Gasteiger partial charge in [0.2, 0.25) is 11.0 Å². The van der Waals surface area contributed by atoms with Crippen LogP contribution in [0.1, 0.15) is 19.3 Å². The van der Waals surface area contributed by atoms with Gasteiger partial charge in [-0.05, 0) is 31.4 Å². The number of nitrogens with zero attached hydrogens (tertiary/aromatic N) is 3. The van der Waals surface area contributed by atoms with Crippen LogP contribution in [-0.2, 0) is 9.53 Å². The van der Waals surface area contributed by atoms with E-state index < -0.39 is 0 Å². The van der Waals surface area contributed by atoms with E-state index in [1.54, 1.807) is 13.3 Å². The lowest BCUT2D eigenvalue weighted by Crippen LogP contribution is -2.25. The monoisotopic (exact) mass is 304 g/mol. The Balaban J connectivity index is 1.66. The molecule has 7 heteroatoms. The number of rotatable bonds is 6. The molecule has 21 heavy (non-hydrogen) atoms. The number of amides is 1. The van der Waals surface area contributed by atoms with Crippen molar-refractivity contribution < 1.29 is 9.53 Å². The summed E-state index contributed by atoms with van der Waals surface area (Å²) < 4.78 is 5.07. The first-order chi connectivity index (χ1) is 10.2. The van der Waals surface area contributed by atoms with Crippen molar-refractivity contribution in [3.63, 3.8) is 0 Å². The van der Waals surface area contributed by atoms with E-state index in [0.717, 1.165) is 25.0 Å². The van der Waals surface area contributed by atoms with Gasteiger partial charge >= 0.3 is 0 Å². The highest BCUT2D eigenvalue weighted by Crippen LogP contribution is 2.49. The summed E-state index contributed by atoms with van der Waals surface area (Å²) in [6, 6.07) is 5.61. The lowest BCUT2D eigenvalue weighted by Gasteiger charge is -2.12. The zero-order chi connectivity index (χ0) is 14.7. The summed E-state index contributed by atoms with van der Waals surface area (Å²) in [5.41, 5.74) is 0.489. The Morgan fingerprint density at radius 3 is 2.95 bits per heavy atom. The molecule has 0 bridgehead atoms. The van der Waals surface area contributed by atoms with Gasteiger partial charge in [0.15, 0.2) is 5.01 Å². The molecule has 2 aromatic heterocycles. The van der Waals surface area contributed by atoms with Crippen molar-refractivity contribution >= 4 is 22.4 Å². The molecule has 110 valence electrons. The maximum atomic E-state index is 12.3. The number of methoxy groups -OCH3 is 1. The number of hydrogen-bond donors (Lipinski definition) is 1. The highest BCUT2D eigenvalue weighted by Gasteiger charge is 2.49. The summed E-state index contributed by atoms with van der Waals surface area (Å²) in [5.74, 6) is 0.0169. The molecule has 0 atom stereocenters. The van der Waals surface area contributed by atoms with Crippen molar-refractivity contribution in [3.8, 4) is 10.7 Å². The standard InChI is InChI=1S/C14H16N4O2S/c1-20-9-7-14(5-6-14)12(19)16-13-18-17-11(21-13)10-4-2-3-8-15-10/h2-4,8H,5-7,9H2,1H3,(H,16,18,19). The lowest BCUT2D eigenvalue weighted by atomic mass is 10.0. The fourth-order valence-electron chi connectivity index (χ4n) is 2.14. The van der Waals surface area contributed by atoms with Crippen LogP contribution in [0, 0.1) is 5.41 Å². The van der Waals surface area contributed by atoms with Gasteiger partial charge in [0.05, 0.1) is 5.41 Å². The van der Waals surface area contributed by atoms with Crippen LogP contribution in [0.15, 0.2) is 24.4 Å². The summed E-state index contributed by atoms with van der Waals surface area (Å²) >= 11 is 1.33. The largest absolute Gasteiger partial charge is 0.385 e. The normalized spacial score (nSPS) is 15.7. The van der Waals surface area contributed by atoms with Gasteiger partial charge in [0.25, 0.3) is 0 Å². The molecule has 1 N–H and O–H groups in total. The molecule has 0 unspecified atom stereocenters. The second-order valence-electron chi connectivity index (χ2n) is 5.10. The minimum Gasteiger partial charge on any atom is -0.385 e. The molecule has 2 aromatic rings. The number of pyridine rings is 1. The minimum atomic E-state index is -0.271. The van der Waals surface area contributed by atoms with E-state index in [9.17, 15) is 4.79 Å². The summed E-state index contributed by atoms with van der Waals surface area (Å²) in [4.78, 5) is 16.5. The van der Waals surface area contributed by atoms with Gasteiger partial charge in [-0.15, -0.1) is 10.2 Å². The van der Waals surface area contributed by atoms with Crippen LogP contribution in [0.3, 0.4) is 0 Å². The van der Waals surface area contributed by atoms with Crippen molar-refractivity contribution in [1.82, 2.24) is 15.2 Å². The second-order valence-corrected chi connectivity index (χ2v) is 6.08. The Hall–Kier alpha value is -1.86. The van der Waals surface area contributed by atoms with Gasteiger partial charge in [0, 0.05) is 19.9 Å². The first-order valence-electron chi connectivity index (χ1n) is 6.79. The molecular weight excluding hydrogens is 288 g/mol. The van der Waals surface area contributed by atoms with Crippen LogP contribution in [0.5, 0.6) is 0 Å². The number of ether oxygens (including phenoxy) is 1. The second kappa shape index (κ2) is 5.87. The van der Waals surface area contributed by atoms with E-state index in [-0.39, 0.29) is 11.3 Å². The molecule has 3 rings (SSSR count). The van der Waals surface area contributed by atoms with Crippen molar-refractivity contribution in [1.29, 1.82) is 0 Å². The fraction of sp³-hybridized carbons (Fsp3) is 0.429. The van der Waals surface area contributed by atoms with Crippen molar-refractivity contribution in [2.45, 2.75) is 19.3 Å². The lowest BCUT2D eigenvalue weighted by molar-refractivity contribution is -0.121. The average molecular weight is 304 g/mol. The molecule has 1 aliphatic carbocycles. The summed E-state index contributed by atoms with van der Waals surface area (Å²) in [7, 11) is 1.65. The van der Waals surface area contributed by atoms with Crippen LogP contribution in [-0.4, -0.2) is 34.8 Å². The average Bonchev–Trinajstić information content (AvgIpc) is 3.18. The molecule has 0 saturated heterocycles. The van der Waals surface area contributed by atoms with Crippen LogP contribution < -0.4 is 5.32 Å². The number of aromatic nitrogens is 3. The van der Waals surface area contributed by atoms with E-state index in [1.807, 2.05) is 18.2 Å². The van der Waals surface area contributed by atoms with Crippen LogP contribution in [0.4, 0.5) is 5.13 Å². The third-order valence-corrected chi connectivity index (χ3v) is 4.51. The van der Waals surface area contributed by atoms with Gasteiger partial charge in [0.1, 0.15) is 5.69 Å². The smallest absolute Gasteiger partial charge is 0.232 e. The number of hydrogen-bond acceptors (Lipinski definition) is 6. The van der Waals surface area contributed by atoms with E-state index in [2.05, 4.69) is 20.5 Å². The molecule has 6 nitrogen and oxygen atoms in total. The van der Waals surface area contributed by atoms with Gasteiger partial charge in [-0.2, -0.15) is 0 Å². The Morgan fingerprint density at radius 1 is 1.43 bits per heavy atom. The third kappa shape index (κ3) is 3.08. The summed E-state index contributed by atoms with van der Waals surface area (Å²) in [5, 5.41) is 12.2. The molecule has 1 saturated carbocycles. The Labute approximate surface area is 126 Å². The van der Waals surface area contributed by atoms with Gasteiger partial charge in [-0.25, -0.2) is 0 Å². The summed E-state index contributed by atoms with van der Waals surface area (Å²) in [6.07, 6.45) is 4.28. The molecule has 0 spiro atoms. The molecule has 1 aliphatic rings.